The van der Waals surface area contributed by atoms with E-state index in [0.717, 1.165) is 31.2 Å². The van der Waals surface area contributed by atoms with Crippen molar-refractivity contribution in [1.29, 1.82) is 0 Å². The smallest absolute Gasteiger partial charge is 0.290 e. The van der Waals surface area contributed by atoms with Crippen LogP contribution in [0.3, 0.4) is 0 Å². The van der Waals surface area contributed by atoms with E-state index in [0.29, 0.717) is 41.3 Å². The monoisotopic (exact) mass is 544 g/mol. The Kier molecular flexibility index (Phi) is 8.47. The Balaban J connectivity index is 1.32. The van der Waals surface area contributed by atoms with Crippen molar-refractivity contribution in [2.45, 2.75) is 37.8 Å². The largest absolute Gasteiger partial charge is 0.439 e. The van der Waals surface area contributed by atoms with Gasteiger partial charge in [-0.2, -0.15) is 10.2 Å². The predicted molar refractivity (Wildman–Crippen MR) is 151 cm³/mol. The standard InChI is InChI=1S/C28H32N8O4/c29-27-24-25(18-6-12-21(13-7-18)40-23-5-1-2-15-31-23)35-36(26(24)28(39)34-33-27)20-10-8-19(9-11-20)32-22(38)4-3-14-30-16-17-37/h1-7,12-13,15,19-20,30,37H,8-11,14,16-17H2,(H2,29,33)(H,32,38)(H,34,39)/b4-3+. The highest BCUT2D eigenvalue weighted by atomic mass is 16.5. The van der Waals surface area contributed by atoms with Crippen LogP contribution in [0.5, 0.6) is 11.6 Å². The zero-order valence-corrected chi connectivity index (χ0v) is 21.9. The molecule has 0 saturated heterocycles. The maximum Gasteiger partial charge on any atom is 0.290 e. The molecule has 3 aromatic heterocycles. The number of amides is 1. The first-order valence-electron chi connectivity index (χ1n) is 13.3. The topological polar surface area (TPSA) is 173 Å². The Labute approximate surface area is 230 Å². The maximum absolute atomic E-state index is 12.9. The number of pyridine rings is 1. The number of aromatic nitrogens is 5. The molecule has 1 aromatic carbocycles. The van der Waals surface area contributed by atoms with Crippen molar-refractivity contribution in [3.05, 3.63) is 71.2 Å². The lowest BCUT2D eigenvalue weighted by atomic mass is 9.91. The average Bonchev–Trinajstić information content (AvgIpc) is 3.38. The van der Waals surface area contributed by atoms with Crippen molar-refractivity contribution < 1.29 is 14.6 Å². The van der Waals surface area contributed by atoms with Crippen molar-refractivity contribution >= 4 is 22.6 Å². The highest BCUT2D eigenvalue weighted by molar-refractivity contribution is 5.99. The summed E-state index contributed by atoms with van der Waals surface area (Å²) in [5.41, 5.74) is 7.63. The van der Waals surface area contributed by atoms with Gasteiger partial charge in [0, 0.05) is 43.0 Å². The van der Waals surface area contributed by atoms with Gasteiger partial charge in [-0.3, -0.25) is 14.3 Å². The van der Waals surface area contributed by atoms with Crippen molar-refractivity contribution in [3.63, 3.8) is 0 Å². The van der Waals surface area contributed by atoms with E-state index >= 15 is 0 Å². The second kappa shape index (κ2) is 12.5. The highest BCUT2D eigenvalue weighted by Gasteiger charge is 2.28. The van der Waals surface area contributed by atoms with Crippen LogP contribution in [0.4, 0.5) is 5.82 Å². The van der Waals surface area contributed by atoms with Crippen LogP contribution >= 0.6 is 0 Å². The quantitative estimate of drug-likeness (QED) is 0.148. The van der Waals surface area contributed by atoms with E-state index in [2.05, 4.69) is 25.8 Å². The summed E-state index contributed by atoms with van der Waals surface area (Å²) in [4.78, 5) is 29.4. The lowest BCUT2D eigenvalue weighted by molar-refractivity contribution is -0.117. The molecule has 1 amide bonds. The minimum atomic E-state index is -0.353. The molecule has 1 aliphatic carbocycles. The van der Waals surface area contributed by atoms with Gasteiger partial charge in [0.05, 0.1) is 18.0 Å². The maximum atomic E-state index is 12.9. The molecule has 0 bridgehead atoms. The van der Waals surface area contributed by atoms with Crippen LogP contribution < -0.4 is 26.7 Å². The van der Waals surface area contributed by atoms with Gasteiger partial charge in [-0.05, 0) is 56.0 Å². The van der Waals surface area contributed by atoms with Crippen LogP contribution in [0.1, 0.15) is 31.7 Å². The summed E-state index contributed by atoms with van der Waals surface area (Å²) < 4.78 is 7.57. The molecule has 1 aliphatic rings. The summed E-state index contributed by atoms with van der Waals surface area (Å²) in [5.74, 6) is 1.16. The number of nitrogens with zero attached hydrogens (tertiary/aromatic N) is 4. The molecule has 208 valence electrons. The number of aliphatic hydroxyl groups excluding tert-OH is 1. The Morgan fingerprint density at radius 3 is 2.70 bits per heavy atom. The third-order valence-corrected chi connectivity index (χ3v) is 6.86. The van der Waals surface area contributed by atoms with Gasteiger partial charge in [0.1, 0.15) is 17.0 Å². The van der Waals surface area contributed by atoms with Crippen molar-refractivity contribution in [2.75, 3.05) is 25.4 Å². The van der Waals surface area contributed by atoms with Crippen LogP contribution in [0.25, 0.3) is 22.2 Å². The van der Waals surface area contributed by atoms with E-state index in [1.165, 1.54) is 6.08 Å². The molecule has 0 aliphatic heterocycles. The number of H-pyrrole nitrogens is 1. The van der Waals surface area contributed by atoms with Gasteiger partial charge in [0.2, 0.25) is 11.8 Å². The number of ether oxygens (including phenoxy) is 1. The third-order valence-electron chi connectivity index (χ3n) is 6.86. The van der Waals surface area contributed by atoms with Gasteiger partial charge in [-0.25, -0.2) is 10.1 Å². The minimum absolute atomic E-state index is 0.0303. The molecule has 1 fully saturated rings. The van der Waals surface area contributed by atoms with Gasteiger partial charge in [-0.1, -0.05) is 12.1 Å². The molecule has 12 heteroatoms. The number of anilines is 1. The molecule has 0 unspecified atom stereocenters. The first-order valence-corrected chi connectivity index (χ1v) is 13.3. The van der Waals surface area contributed by atoms with Gasteiger partial charge in [0.25, 0.3) is 5.56 Å². The highest BCUT2D eigenvalue weighted by Crippen LogP contribution is 2.36. The molecule has 4 aromatic rings. The van der Waals surface area contributed by atoms with E-state index in [1.54, 1.807) is 23.0 Å². The number of nitrogen functional groups attached to an aromatic ring is 1. The Morgan fingerprint density at radius 2 is 1.98 bits per heavy atom. The number of carbonyl (C=O) groups excluding carboxylic acids is 1. The number of aromatic amines is 1. The first kappa shape index (κ1) is 27.0. The summed E-state index contributed by atoms with van der Waals surface area (Å²) >= 11 is 0. The van der Waals surface area contributed by atoms with Gasteiger partial charge < -0.3 is 26.2 Å². The number of hydrogen-bond acceptors (Lipinski definition) is 9. The van der Waals surface area contributed by atoms with Crippen molar-refractivity contribution in [2.24, 2.45) is 0 Å². The van der Waals surface area contributed by atoms with Crippen molar-refractivity contribution in [3.8, 4) is 22.9 Å². The minimum Gasteiger partial charge on any atom is -0.439 e. The second-order valence-electron chi connectivity index (χ2n) is 9.59. The number of nitrogens with two attached hydrogens (primary N) is 1. The molecular weight excluding hydrogens is 512 g/mol. The summed E-state index contributed by atoms with van der Waals surface area (Å²) in [6, 6.07) is 12.8. The van der Waals surface area contributed by atoms with Crippen LogP contribution in [0.2, 0.25) is 0 Å². The normalized spacial score (nSPS) is 17.3. The van der Waals surface area contributed by atoms with Gasteiger partial charge >= 0.3 is 0 Å². The van der Waals surface area contributed by atoms with Crippen molar-refractivity contribution in [1.82, 2.24) is 35.6 Å². The van der Waals surface area contributed by atoms with E-state index in [4.69, 9.17) is 20.7 Å². The SMILES string of the molecule is Nc1n[nH]c(=O)c2c1c(-c1ccc(Oc3ccccn3)cc1)nn2C1CCC(NC(=O)/C=C/CNCCO)CC1. The first-order chi connectivity index (χ1) is 19.5. The van der Waals surface area contributed by atoms with Crippen LogP contribution in [-0.4, -0.2) is 61.7 Å². The molecule has 5 rings (SSSR count). The molecule has 3 heterocycles. The second-order valence-corrected chi connectivity index (χ2v) is 9.59. The summed E-state index contributed by atoms with van der Waals surface area (Å²) in [7, 11) is 0. The van der Waals surface area contributed by atoms with E-state index in [-0.39, 0.29) is 36.0 Å². The number of rotatable bonds is 10. The number of benzene rings is 1. The lowest BCUT2D eigenvalue weighted by Gasteiger charge is -2.29. The van der Waals surface area contributed by atoms with E-state index in [9.17, 15) is 9.59 Å². The predicted octanol–water partition coefficient (Wildman–Crippen LogP) is 2.29. The molecular formula is C28H32N8O4. The van der Waals surface area contributed by atoms with Crippen LogP contribution in [0.15, 0.2) is 65.6 Å². The number of fused-ring (bicyclic) bond motifs is 1. The third kappa shape index (κ3) is 6.19. The molecule has 1 saturated carbocycles. The fourth-order valence-corrected chi connectivity index (χ4v) is 4.93. The Morgan fingerprint density at radius 1 is 1.18 bits per heavy atom. The van der Waals surface area contributed by atoms with Crippen LogP contribution in [0, 0.1) is 0 Å². The van der Waals surface area contributed by atoms with Crippen LogP contribution in [-0.2, 0) is 4.79 Å². The number of aliphatic hydroxyl groups is 1. The fourth-order valence-electron chi connectivity index (χ4n) is 4.93. The summed E-state index contributed by atoms with van der Waals surface area (Å²) in [6.07, 6.45) is 7.88. The molecule has 0 radical (unpaired) electrons. The number of carbonyl (C=O) groups is 1. The lowest BCUT2D eigenvalue weighted by Crippen LogP contribution is -2.37. The zero-order chi connectivity index (χ0) is 27.9. The van der Waals surface area contributed by atoms with Gasteiger partial charge in [-0.15, -0.1) is 0 Å². The average molecular weight is 545 g/mol. The summed E-state index contributed by atoms with van der Waals surface area (Å²) in [6.45, 7) is 1.05. The summed E-state index contributed by atoms with van der Waals surface area (Å²) in [5, 5.41) is 26.7. The molecule has 6 N–H and O–H groups in total. The Bertz CT molecular complexity index is 1520. The molecule has 0 spiro atoms. The fraction of sp³-hybridized carbons (Fsp3) is 0.321. The molecule has 40 heavy (non-hydrogen) atoms. The van der Waals surface area contributed by atoms with E-state index < -0.39 is 0 Å². The Hall–Kier alpha value is -4.55. The molecule has 0 atom stereocenters. The zero-order valence-electron chi connectivity index (χ0n) is 21.9. The molecule has 12 nitrogen and oxygen atoms in total. The number of hydrogen-bond donors (Lipinski definition) is 5. The number of nitrogens with one attached hydrogen (secondary N) is 3. The van der Waals surface area contributed by atoms with E-state index in [1.807, 2.05) is 36.4 Å². The van der Waals surface area contributed by atoms with Gasteiger partial charge in [0.15, 0.2) is 5.82 Å².